The molecule has 2 aliphatic heterocycles. The van der Waals surface area contributed by atoms with E-state index in [-0.39, 0.29) is 0 Å². The molecule has 2 aliphatic rings. The van der Waals surface area contributed by atoms with Crippen LogP contribution in [-0.4, -0.2) is 34.8 Å². The minimum Gasteiger partial charge on any atom is -0.292 e. The standard InChI is InChI=1S/C7H12N2S/c1-6-4-7-5-10-3-2-9(7)8-6/h7H,2-5H2,1H3. The van der Waals surface area contributed by atoms with Crippen LogP contribution >= 0.6 is 11.8 Å². The minimum atomic E-state index is 0.735. The van der Waals surface area contributed by atoms with Gasteiger partial charge in [-0.25, -0.2) is 0 Å². The summed E-state index contributed by atoms with van der Waals surface area (Å²) in [6, 6.07) is 0.735. The van der Waals surface area contributed by atoms with E-state index < -0.39 is 0 Å². The van der Waals surface area contributed by atoms with Crippen molar-refractivity contribution in [2.24, 2.45) is 5.10 Å². The third kappa shape index (κ3) is 1.03. The zero-order valence-electron chi connectivity index (χ0n) is 6.21. The average Bonchev–Trinajstić information content (AvgIpc) is 2.27. The molecule has 0 aromatic carbocycles. The van der Waals surface area contributed by atoms with E-state index in [1.54, 1.807) is 0 Å². The van der Waals surface area contributed by atoms with Gasteiger partial charge in [0.05, 0.1) is 6.04 Å². The molecule has 0 amide bonds. The quantitative estimate of drug-likeness (QED) is 0.523. The number of rotatable bonds is 0. The zero-order chi connectivity index (χ0) is 6.97. The Labute approximate surface area is 65.7 Å². The van der Waals surface area contributed by atoms with Gasteiger partial charge >= 0.3 is 0 Å². The molecule has 2 heterocycles. The van der Waals surface area contributed by atoms with Gasteiger partial charge in [-0.1, -0.05) is 0 Å². The fourth-order valence-electron chi connectivity index (χ4n) is 1.54. The molecular weight excluding hydrogens is 144 g/mol. The molecule has 1 saturated heterocycles. The van der Waals surface area contributed by atoms with Gasteiger partial charge in [0, 0.05) is 30.2 Å². The van der Waals surface area contributed by atoms with Crippen molar-refractivity contribution in [1.29, 1.82) is 0 Å². The summed E-state index contributed by atoms with van der Waals surface area (Å²) in [6.07, 6.45) is 1.20. The molecule has 2 rings (SSSR count). The SMILES string of the molecule is CC1=NN2CCSCC2C1. The molecule has 0 N–H and O–H groups in total. The Hall–Kier alpha value is -0.180. The van der Waals surface area contributed by atoms with Crippen LogP contribution in [-0.2, 0) is 0 Å². The molecule has 0 bridgehead atoms. The summed E-state index contributed by atoms with van der Waals surface area (Å²) in [4.78, 5) is 0. The molecule has 1 unspecified atom stereocenters. The first-order valence-electron chi connectivity index (χ1n) is 3.75. The van der Waals surface area contributed by atoms with Crippen LogP contribution in [0.15, 0.2) is 5.10 Å². The Morgan fingerprint density at radius 3 is 3.40 bits per heavy atom. The van der Waals surface area contributed by atoms with E-state index in [4.69, 9.17) is 0 Å². The number of hydrogen-bond acceptors (Lipinski definition) is 3. The first-order chi connectivity index (χ1) is 4.86. The monoisotopic (exact) mass is 156 g/mol. The Morgan fingerprint density at radius 1 is 1.70 bits per heavy atom. The maximum absolute atomic E-state index is 4.45. The predicted octanol–water partition coefficient (Wildman–Crippen LogP) is 1.18. The summed E-state index contributed by atoms with van der Waals surface area (Å²) in [6.45, 7) is 3.29. The van der Waals surface area contributed by atoms with E-state index >= 15 is 0 Å². The first-order valence-corrected chi connectivity index (χ1v) is 4.90. The number of fused-ring (bicyclic) bond motifs is 1. The van der Waals surface area contributed by atoms with Crippen LogP contribution in [0.25, 0.3) is 0 Å². The lowest BCUT2D eigenvalue weighted by atomic mass is 10.2. The molecular formula is C7H12N2S. The van der Waals surface area contributed by atoms with Gasteiger partial charge in [-0.2, -0.15) is 16.9 Å². The van der Waals surface area contributed by atoms with Gasteiger partial charge in [0.2, 0.25) is 0 Å². The van der Waals surface area contributed by atoms with Crippen LogP contribution in [0.4, 0.5) is 0 Å². The van der Waals surface area contributed by atoms with E-state index in [1.165, 1.54) is 23.6 Å². The van der Waals surface area contributed by atoms with Crippen molar-refractivity contribution in [1.82, 2.24) is 5.01 Å². The molecule has 10 heavy (non-hydrogen) atoms. The van der Waals surface area contributed by atoms with Crippen LogP contribution in [0.1, 0.15) is 13.3 Å². The summed E-state index contributed by atoms with van der Waals surface area (Å²) in [5, 5.41) is 6.70. The molecule has 1 atom stereocenters. The van der Waals surface area contributed by atoms with Crippen LogP contribution < -0.4 is 0 Å². The Morgan fingerprint density at radius 2 is 2.60 bits per heavy atom. The molecule has 56 valence electrons. The van der Waals surface area contributed by atoms with E-state index in [9.17, 15) is 0 Å². The van der Waals surface area contributed by atoms with Gasteiger partial charge in [0.15, 0.2) is 0 Å². The Bertz CT molecular complexity index is 167. The van der Waals surface area contributed by atoms with Crippen molar-refractivity contribution in [2.75, 3.05) is 18.1 Å². The van der Waals surface area contributed by atoms with E-state index in [0.717, 1.165) is 12.6 Å². The van der Waals surface area contributed by atoms with Gasteiger partial charge in [-0.05, 0) is 6.92 Å². The normalized spacial score (nSPS) is 31.9. The fraction of sp³-hybridized carbons (Fsp3) is 0.857. The molecule has 2 nitrogen and oxygen atoms in total. The predicted molar refractivity (Wildman–Crippen MR) is 45.5 cm³/mol. The second-order valence-corrected chi connectivity index (χ2v) is 4.08. The van der Waals surface area contributed by atoms with Crippen molar-refractivity contribution in [3.05, 3.63) is 0 Å². The van der Waals surface area contributed by atoms with Crippen molar-refractivity contribution in [3.8, 4) is 0 Å². The van der Waals surface area contributed by atoms with Crippen LogP contribution in [0, 0.1) is 0 Å². The maximum atomic E-state index is 4.45. The molecule has 1 fully saturated rings. The molecule has 3 heteroatoms. The van der Waals surface area contributed by atoms with Crippen molar-refractivity contribution in [2.45, 2.75) is 19.4 Å². The minimum absolute atomic E-state index is 0.735. The lowest BCUT2D eigenvalue weighted by molar-refractivity contribution is 0.258. The van der Waals surface area contributed by atoms with Gasteiger partial charge in [0.25, 0.3) is 0 Å². The summed E-state index contributed by atoms with van der Waals surface area (Å²) in [5.41, 5.74) is 1.31. The smallest absolute Gasteiger partial charge is 0.0614 e. The molecule has 0 aliphatic carbocycles. The number of hydrazone groups is 1. The molecule has 0 radical (unpaired) electrons. The summed E-state index contributed by atoms with van der Waals surface area (Å²) < 4.78 is 0. The number of nitrogens with zero attached hydrogens (tertiary/aromatic N) is 2. The molecule has 0 aromatic heterocycles. The van der Waals surface area contributed by atoms with Crippen molar-refractivity contribution in [3.63, 3.8) is 0 Å². The Kier molecular flexibility index (Phi) is 1.60. The number of thioether (sulfide) groups is 1. The third-order valence-electron chi connectivity index (χ3n) is 2.03. The summed E-state index contributed by atoms with van der Waals surface area (Å²) in [5.74, 6) is 2.54. The van der Waals surface area contributed by atoms with Crippen LogP contribution in [0.3, 0.4) is 0 Å². The van der Waals surface area contributed by atoms with Gasteiger partial charge in [0.1, 0.15) is 0 Å². The molecule has 0 aromatic rings. The maximum Gasteiger partial charge on any atom is 0.0614 e. The number of hydrogen-bond donors (Lipinski definition) is 0. The second-order valence-electron chi connectivity index (χ2n) is 2.93. The van der Waals surface area contributed by atoms with Crippen molar-refractivity contribution >= 4 is 17.5 Å². The summed E-state index contributed by atoms with van der Waals surface area (Å²) >= 11 is 2.06. The van der Waals surface area contributed by atoms with E-state index in [2.05, 4.69) is 28.8 Å². The first kappa shape index (κ1) is 6.53. The largest absolute Gasteiger partial charge is 0.292 e. The van der Waals surface area contributed by atoms with E-state index in [1.807, 2.05) is 0 Å². The third-order valence-corrected chi connectivity index (χ3v) is 3.12. The van der Waals surface area contributed by atoms with E-state index in [0.29, 0.717) is 0 Å². The van der Waals surface area contributed by atoms with Crippen LogP contribution in [0.2, 0.25) is 0 Å². The summed E-state index contributed by atoms with van der Waals surface area (Å²) in [7, 11) is 0. The Balaban J connectivity index is 2.06. The topological polar surface area (TPSA) is 15.6 Å². The highest BCUT2D eigenvalue weighted by Crippen LogP contribution is 2.23. The van der Waals surface area contributed by atoms with Gasteiger partial charge in [-0.3, -0.25) is 5.01 Å². The lowest BCUT2D eigenvalue weighted by Gasteiger charge is -2.27. The van der Waals surface area contributed by atoms with Crippen LogP contribution in [0.5, 0.6) is 0 Å². The second kappa shape index (κ2) is 2.46. The lowest BCUT2D eigenvalue weighted by Crippen LogP contribution is -2.34. The highest BCUT2D eigenvalue weighted by molar-refractivity contribution is 7.99. The zero-order valence-corrected chi connectivity index (χ0v) is 7.02. The van der Waals surface area contributed by atoms with Gasteiger partial charge < -0.3 is 0 Å². The van der Waals surface area contributed by atoms with Crippen molar-refractivity contribution < 1.29 is 0 Å². The average molecular weight is 156 g/mol. The van der Waals surface area contributed by atoms with Gasteiger partial charge in [-0.15, -0.1) is 0 Å². The fourth-order valence-corrected chi connectivity index (χ4v) is 2.59. The molecule has 0 saturated carbocycles. The molecule has 0 spiro atoms. The highest BCUT2D eigenvalue weighted by atomic mass is 32.2. The highest BCUT2D eigenvalue weighted by Gasteiger charge is 2.26.